The number of hydrogen-bond donors (Lipinski definition) is 1. The summed E-state index contributed by atoms with van der Waals surface area (Å²) < 4.78 is 22.8. The van der Waals surface area contributed by atoms with Gasteiger partial charge in [-0.3, -0.25) is 0 Å². The van der Waals surface area contributed by atoms with Gasteiger partial charge >= 0.3 is 0 Å². The first-order valence-electron chi connectivity index (χ1n) is 5.44. The number of halogens is 1. The van der Waals surface area contributed by atoms with Crippen LogP contribution >= 0.6 is 0 Å². The maximum Gasteiger partial charge on any atom is 0.225 e. The average Bonchev–Trinajstić information content (AvgIpc) is 2.94. The van der Waals surface area contributed by atoms with Gasteiger partial charge in [-0.25, -0.2) is 9.37 Å². The molecule has 1 heterocycles. The van der Waals surface area contributed by atoms with Crippen molar-refractivity contribution in [2.75, 3.05) is 13.2 Å². The molecule has 0 bridgehead atoms. The van der Waals surface area contributed by atoms with Crippen molar-refractivity contribution in [1.82, 2.24) is 4.98 Å². The number of benzene rings is 1. The zero-order valence-corrected chi connectivity index (χ0v) is 9.67. The minimum absolute atomic E-state index is 0.144. The number of nitrogens with two attached hydrogens (primary N) is 1. The smallest absolute Gasteiger partial charge is 0.225 e. The Balaban J connectivity index is 2.00. The second-order valence-electron chi connectivity index (χ2n) is 3.62. The van der Waals surface area contributed by atoms with E-state index in [1.165, 1.54) is 6.26 Å². The van der Waals surface area contributed by atoms with E-state index >= 15 is 0 Å². The molecule has 0 saturated heterocycles. The molecular weight excluding hydrogens is 235 g/mol. The molecule has 5 heteroatoms. The second kappa shape index (κ2) is 5.97. The highest BCUT2D eigenvalue weighted by molar-refractivity contribution is 5.54. The summed E-state index contributed by atoms with van der Waals surface area (Å²) in [6.45, 7) is 0.288. The number of rotatable bonds is 5. The van der Waals surface area contributed by atoms with Gasteiger partial charge in [0.25, 0.3) is 0 Å². The summed E-state index contributed by atoms with van der Waals surface area (Å²) in [5.41, 5.74) is 6.59. The third-order valence-corrected chi connectivity index (χ3v) is 2.37. The summed E-state index contributed by atoms with van der Waals surface area (Å²) in [7, 11) is 0. The fraction of sp³-hybridized carbons (Fsp3) is 0.154. The molecule has 18 heavy (non-hydrogen) atoms. The molecular formula is C13H13FN2O2. The molecule has 1 aromatic carbocycles. The Morgan fingerprint density at radius 3 is 2.72 bits per heavy atom. The topological polar surface area (TPSA) is 61.3 Å². The van der Waals surface area contributed by atoms with Crippen LogP contribution in [0.15, 0.2) is 53.0 Å². The molecule has 0 aliphatic heterocycles. The Labute approximate surface area is 104 Å². The van der Waals surface area contributed by atoms with Crippen LogP contribution in [0.1, 0.15) is 0 Å². The molecule has 2 rings (SSSR count). The molecule has 4 nitrogen and oxygen atoms in total. The normalized spacial score (nSPS) is 11.6. The van der Waals surface area contributed by atoms with Crippen LogP contribution in [-0.2, 0) is 0 Å². The molecule has 0 saturated carbocycles. The number of ether oxygens (including phenoxy) is 1. The SMILES string of the molecule is NC/C(=C/F)COc1ccc(-c2ncco2)cc1. The summed E-state index contributed by atoms with van der Waals surface area (Å²) in [5.74, 6) is 1.19. The number of nitrogens with zero attached hydrogens (tertiary/aromatic N) is 1. The van der Waals surface area contributed by atoms with Crippen LogP contribution in [0.3, 0.4) is 0 Å². The highest BCUT2D eigenvalue weighted by Gasteiger charge is 2.03. The summed E-state index contributed by atoms with van der Waals surface area (Å²) in [6, 6.07) is 7.18. The van der Waals surface area contributed by atoms with Crippen molar-refractivity contribution in [2.45, 2.75) is 0 Å². The lowest BCUT2D eigenvalue weighted by Gasteiger charge is -2.07. The predicted octanol–water partition coefficient (Wildman–Crippen LogP) is 2.53. The predicted molar refractivity (Wildman–Crippen MR) is 65.7 cm³/mol. The van der Waals surface area contributed by atoms with E-state index in [4.69, 9.17) is 14.9 Å². The van der Waals surface area contributed by atoms with Crippen LogP contribution in [-0.4, -0.2) is 18.1 Å². The maximum atomic E-state index is 12.3. The molecule has 0 amide bonds. The Bertz CT molecular complexity index is 506. The Morgan fingerprint density at radius 1 is 1.39 bits per heavy atom. The van der Waals surface area contributed by atoms with E-state index in [1.807, 2.05) is 12.1 Å². The Morgan fingerprint density at radius 2 is 2.17 bits per heavy atom. The number of aromatic nitrogens is 1. The highest BCUT2D eigenvalue weighted by atomic mass is 19.1. The lowest BCUT2D eigenvalue weighted by atomic mass is 10.2. The fourth-order valence-electron chi connectivity index (χ4n) is 1.37. The van der Waals surface area contributed by atoms with E-state index < -0.39 is 0 Å². The van der Waals surface area contributed by atoms with E-state index in [0.29, 0.717) is 23.5 Å². The molecule has 2 N–H and O–H groups in total. The molecule has 2 aromatic rings. The van der Waals surface area contributed by atoms with E-state index in [2.05, 4.69) is 4.98 Å². The van der Waals surface area contributed by atoms with Crippen molar-refractivity contribution in [1.29, 1.82) is 0 Å². The standard InChI is InChI=1S/C13H13FN2O2/c14-7-10(8-15)9-18-12-3-1-11(2-4-12)13-16-5-6-17-13/h1-7H,8-9,15H2/b10-7-. The van der Waals surface area contributed by atoms with Crippen LogP contribution in [0.4, 0.5) is 4.39 Å². The first kappa shape index (κ1) is 12.3. The van der Waals surface area contributed by atoms with Crippen molar-refractivity contribution >= 4 is 0 Å². The summed E-state index contributed by atoms with van der Waals surface area (Å²) in [6.07, 6.45) is 3.57. The average molecular weight is 248 g/mol. The molecule has 0 radical (unpaired) electrons. The van der Waals surface area contributed by atoms with Gasteiger partial charge in [0, 0.05) is 17.7 Å². The van der Waals surface area contributed by atoms with E-state index in [1.54, 1.807) is 18.3 Å². The van der Waals surface area contributed by atoms with Crippen molar-refractivity contribution in [3.05, 3.63) is 48.6 Å². The van der Waals surface area contributed by atoms with Gasteiger partial charge in [0.2, 0.25) is 5.89 Å². The van der Waals surface area contributed by atoms with Crippen molar-refractivity contribution < 1.29 is 13.5 Å². The summed E-state index contributed by atoms with van der Waals surface area (Å²) in [5, 5.41) is 0. The summed E-state index contributed by atoms with van der Waals surface area (Å²) in [4.78, 5) is 4.03. The van der Waals surface area contributed by atoms with Crippen LogP contribution in [0.25, 0.3) is 11.5 Å². The Hall–Kier alpha value is -2.14. The molecule has 0 atom stereocenters. The van der Waals surface area contributed by atoms with Crippen LogP contribution in [0, 0.1) is 0 Å². The van der Waals surface area contributed by atoms with E-state index in [9.17, 15) is 4.39 Å². The largest absolute Gasteiger partial charge is 0.489 e. The molecule has 94 valence electrons. The minimum atomic E-state index is 0.144. The second-order valence-corrected chi connectivity index (χ2v) is 3.62. The number of oxazole rings is 1. The van der Waals surface area contributed by atoms with Crippen LogP contribution in [0.2, 0.25) is 0 Å². The highest BCUT2D eigenvalue weighted by Crippen LogP contribution is 2.20. The third kappa shape index (κ3) is 2.95. The monoisotopic (exact) mass is 248 g/mol. The molecule has 1 aromatic heterocycles. The van der Waals surface area contributed by atoms with Gasteiger partial charge in [0.05, 0.1) is 12.5 Å². The molecule has 0 unspecified atom stereocenters. The number of hydrogen-bond acceptors (Lipinski definition) is 4. The van der Waals surface area contributed by atoms with Crippen LogP contribution in [0.5, 0.6) is 5.75 Å². The molecule has 0 spiro atoms. The van der Waals surface area contributed by atoms with Gasteiger partial charge in [-0.15, -0.1) is 0 Å². The van der Waals surface area contributed by atoms with Gasteiger partial charge in [0.1, 0.15) is 18.6 Å². The quantitative estimate of drug-likeness (QED) is 0.883. The van der Waals surface area contributed by atoms with Crippen molar-refractivity contribution in [3.63, 3.8) is 0 Å². The van der Waals surface area contributed by atoms with Gasteiger partial charge in [0.15, 0.2) is 0 Å². The van der Waals surface area contributed by atoms with E-state index in [0.717, 1.165) is 5.56 Å². The van der Waals surface area contributed by atoms with Gasteiger partial charge in [-0.1, -0.05) is 0 Å². The minimum Gasteiger partial charge on any atom is -0.489 e. The third-order valence-electron chi connectivity index (χ3n) is 2.37. The van der Waals surface area contributed by atoms with Crippen molar-refractivity contribution in [2.24, 2.45) is 5.73 Å². The van der Waals surface area contributed by atoms with E-state index in [-0.39, 0.29) is 13.2 Å². The summed E-state index contributed by atoms with van der Waals surface area (Å²) >= 11 is 0. The fourth-order valence-corrected chi connectivity index (χ4v) is 1.37. The molecule has 0 aliphatic carbocycles. The first-order valence-corrected chi connectivity index (χ1v) is 5.44. The zero-order valence-electron chi connectivity index (χ0n) is 9.67. The van der Waals surface area contributed by atoms with Crippen LogP contribution < -0.4 is 10.5 Å². The van der Waals surface area contributed by atoms with Gasteiger partial charge in [-0.2, -0.15) is 0 Å². The van der Waals surface area contributed by atoms with Gasteiger partial charge < -0.3 is 14.9 Å². The maximum absolute atomic E-state index is 12.3. The first-order chi connectivity index (χ1) is 8.83. The lowest BCUT2D eigenvalue weighted by Crippen LogP contribution is -2.10. The molecule has 0 aliphatic rings. The zero-order chi connectivity index (χ0) is 12.8. The lowest BCUT2D eigenvalue weighted by molar-refractivity contribution is 0.347. The molecule has 0 fully saturated rings. The van der Waals surface area contributed by atoms with Gasteiger partial charge in [-0.05, 0) is 24.3 Å². The Kier molecular flexibility index (Phi) is 4.09. The van der Waals surface area contributed by atoms with Crippen molar-refractivity contribution in [3.8, 4) is 17.2 Å².